The van der Waals surface area contributed by atoms with Crippen LogP contribution in [-0.2, 0) is 16.0 Å². The number of carbonyl (C=O) groups excluding carboxylic acids is 1. The molecule has 1 saturated heterocycles. The van der Waals surface area contributed by atoms with Crippen LogP contribution in [-0.4, -0.2) is 38.3 Å². The van der Waals surface area contributed by atoms with Crippen molar-refractivity contribution in [2.75, 3.05) is 26.2 Å². The van der Waals surface area contributed by atoms with E-state index < -0.39 is 0 Å². The summed E-state index contributed by atoms with van der Waals surface area (Å²) in [7, 11) is 0. The molecule has 4 nitrogen and oxygen atoms in total. The zero-order chi connectivity index (χ0) is 14.0. The van der Waals surface area contributed by atoms with Crippen molar-refractivity contribution in [3.05, 3.63) is 35.9 Å². The first-order chi connectivity index (χ1) is 9.84. The summed E-state index contributed by atoms with van der Waals surface area (Å²) in [5.41, 5.74) is 1.25. The number of amides is 1. The van der Waals surface area contributed by atoms with Gasteiger partial charge in [0.05, 0.1) is 6.10 Å². The van der Waals surface area contributed by atoms with Gasteiger partial charge in [-0.2, -0.15) is 0 Å². The summed E-state index contributed by atoms with van der Waals surface area (Å²) >= 11 is 0. The molecule has 110 valence electrons. The van der Waals surface area contributed by atoms with E-state index in [2.05, 4.69) is 22.8 Å². The Labute approximate surface area is 120 Å². The van der Waals surface area contributed by atoms with E-state index in [0.717, 1.165) is 39.0 Å². The predicted octanol–water partition coefficient (Wildman–Crippen LogP) is 1.50. The molecule has 2 rings (SSSR count). The van der Waals surface area contributed by atoms with Crippen molar-refractivity contribution >= 4 is 5.91 Å². The molecule has 0 bridgehead atoms. The van der Waals surface area contributed by atoms with Crippen LogP contribution in [0.15, 0.2) is 30.3 Å². The minimum absolute atomic E-state index is 0.112. The van der Waals surface area contributed by atoms with Gasteiger partial charge in [-0.3, -0.25) is 4.79 Å². The average molecular weight is 276 g/mol. The van der Waals surface area contributed by atoms with E-state index in [1.165, 1.54) is 5.56 Å². The van der Waals surface area contributed by atoms with E-state index in [1.807, 2.05) is 18.2 Å². The van der Waals surface area contributed by atoms with Crippen LogP contribution in [0, 0.1) is 0 Å². The van der Waals surface area contributed by atoms with Gasteiger partial charge in [-0.25, -0.2) is 0 Å². The summed E-state index contributed by atoms with van der Waals surface area (Å²) in [6.45, 7) is 3.16. The molecule has 0 aromatic heterocycles. The maximum absolute atomic E-state index is 11.6. The topological polar surface area (TPSA) is 50.4 Å². The van der Waals surface area contributed by atoms with Gasteiger partial charge in [0.2, 0.25) is 5.91 Å². The monoisotopic (exact) mass is 276 g/mol. The van der Waals surface area contributed by atoms with Crippen molar-refractivity contribution in [3.63, 3.8) is 0 Å². The van der Waals surface area contributed by atoms with Crippen LogP contribution in [0.5, 0.6) is 0 Å². The molecule has 1 aromatic rings. The highest BCUT2D eigenvalue weighted by molar-refractivity contribution is 5.76. The smallest absolute Gasteiger partial charge is 0.221 e. The molecular weight excluding hydrogens is 252 g/mol. The number of benzene rings is 1. The first-order valence-electron chi connectivity index (χ1n) is 7.47. The minimum atomic E-state index is 0.112. The Balaban J connectivity index is 1.48. The molecule has 1 atom stereocenters. The highest BCUT2D eigenvalue weighted by Crippen LogP contribution is 2.10. The fraction of sp³-hybridized carbons (Fsp3) is 0.562. The van der Waals surface area contributed by atoms with E-state index in [0.29, 0.717) is 19.1 Å². The second kappa shape index (κ2) is 8.72. The molecule has 0 spiro atoms. The zero-order valence-corrected chi connectivity index (χ0v) is 11.9. The lowest BCUT2D eigenvalue weighted by Gasteiger charge is -2.10. The summed E-state index contributed by atoms with van der Waals surface area (Å²) in [5.74, 6) is 0.112. The van der Waals surface area contributed by atoms with Gasteiger partial charge in [-0.15, -0.1) is 0 Å². The largest absolute Gasteiger partial charge is 0.377 e. The van der Waals surface area contributed by atoms with Gasteiger partial charge >= 0.3 is 0 Å². The van der Waals surface area contributed by atoms with Gasteiger partial charge in [-0.1, -0.05) is 30.3 Å². The SMILES string of the molecule is O=C(CCNCC1CCCO1)NCCc1ccccc1. The first-order valence-corrected chi connectivity index (χ1v) is 7.47. The molecule has 1 aromatic carbocycles. The van der Waals surface area contributed by atoms with Crippen LogP contribution >= 0.6 is 0 Å². The second-order valence-electron chi connectivity index (χ2n) is 5.17. The third kappa shape index (κ3) is 5.72. The van der Waals surface area contributed by atoms with Gasteiger partial charge in [0.25, 0.3) is 0 Å². The molecule has 1 fully saturated rings. The Hall–Kier alpha value is -1.39. The number of hydrogen-bond donors (Lipinski definition) is 2. The van der Waals surface area contributed by atoms with E-state index in [9.17, 15) is 4.79 Å². The van der Waals surface area contributed by atoms with E-state index in [4.69, 9.17) is 4.74 Å². The Kier molecular flexibility index (Phi) is 6.54. The zero-order valence-electron chi connectivity index (χ0n) is 11.9. The van der Waals surface area contributed by atoms with Gasteiger partial charge in [0.15, 0.2) is 0 Å². The Morgan fingerprint density at radius 1 is 1.25 bits per heavy atom. The lowest BCUT2D eigenvalue weighted by molar-refractivity contribution is -0.120. The van der Waals surface area contributed by atoms with E-state index in [-0.39, 0.29) is 5.91 Å². The fourth-order valence-electron chi connectivity index (χ4n) is 2.35. The average Bonchev–Trinajstić information content (AvgIpc) is 2.98. The Morgan fingerprint density at radius 3 is 2.85 bits per heavy atom. The van der Waals surface area contributed by atoms with Crippen LogP contribution in [0.2, 0.25) is 0 Å². The highest BCUT2D eigenvalue weighted by atomic mass is 16.5. The Bertz CT molecular complexity index is 389. The number of carbonyl (C=O) groups is 1. The van der Waals surface area contributed by atoms with Crippen LogP contribution < -0.4 is 10.6 Å². The number of rotatable bonds is 8. The van der Waals surface area contributed by atoms with Gasteiger partial charge in [-0.05, 0) is 24.8 Å². The third-order valence-corrected chi connectivity index (χ3v) is 3.50. The van der Waals surface area contributed by atoms with Gasteiger partial charge in [0, 0.05) is 32.7 Å². The maximum atomic E-state index is 11.6. The molecule has 20 heavy (non-hydrogen) atoms. The second-order valence-corrected chi connectivity index (χ2v) is 5.17. The molecule has 0 saturated carbocycles. The molecule has 1 unspecified atom stereocenters. The van der Waals surface area contributed by atoms with E-state index in [1.54, 1.807) is 0 Å². The van der Waals surface area contributed by atoms with Crippen LogP contribution in [0.3, 0.4) is 0 Å². The maximum Gasteiger partial charge on any atom is 0.221 e. The summed E-state index contributed by atoms with van der Waals surface area (Å²) in [4.78, 5) is 11.6. The van der Waals surface area contributed by atoms with Gasteiger partial charge < -0.3 is 15.4 Å². The summed E-state index contributed by atoms with van der Waals surface area (Å²) in [5, 5.41) is 6.23. The van der Waals surface area contributed by atoms with Crippen molar-refractivity contribution < 1.29 is 9.53 Å². The van der Waals surface area contributed by atoms with Gasteiger partial charge in [0.1, 0.15) is 0 Å². The lowest BCUT2D eigenvalue weighted by atomic mass is 10.1. The quantitative estimate of drug-likeness (QED) is 0.708. The van der Waals surface area contributed by atoms with E-state index >= 15 is 0 Å². The Morgan fingerprint density at radius 2 is 2.10 bits per heavy atom. The fourth-order valence-corrected chi connectivity index (χ4v) is 2.35. The van der Waals surface area contributed by atoms with Crippen molar-refractivity contribution in [3.8, 4) is 0 Å². The molecule has 2 N–H and O–H groups in total. The minimum Gasteiger partial charge on any atom is -0.377 e. The van der Waals surface area contributed by atoms with Crippen LogP contribution in [0.4, 0.5) is 0 Å². The predicted molar refractivity (Wildman–Crippen MR) is 79.6 cm³/mol. The summed E-state index contributed by atoms with van der Waals surface area (Å²) in [6, 6.07) is 10.2. The highest BCUT2D eigenvalue weighted by Gasteiger charge is 2.14. The molecule has 1 amide bonds. The summed E-state index contributed by atoms with van der Waals surface area (Å²) in [6.07, 6.45) is 4.05. The molecule has 1 aliphatic heterocycles. The number of ether oxygens (including phenoxy) is 1. The van der Waals surface area contributed by atoms with Crippen molar-refractivity contribution in [2.45, 2.75) is 31.8 Å². The standard InChI is InChI=1S/C16H24N2O2/c19-16(9-10-17-13-15-7-4-12-20-15)18-11-8-14-5-2-1-3-6-14/h1-3,5-6,15,17H,4,7-13H2,(H,18,19). The molecule has 0 aliphatic carbocycles. The van der Waals surface area contributed by atoms with Crippen molar-refractivity contribution in [2.24, 2.45) is 0 Å². The molecule has 1 heterocycles. The molecule has 4 heteroatoms. The lowest BCUT2D eigenvalue weighted by Crippen LogP contribution is -2.32. The van der Waals surface area contributed by atoms with Crippen molar-refractivity contribution in [1.82, 2.24) is 10.6 Å². The molecule has 1 aliphatic rings. The van der Waals surface area contributed by atoms with Crippen molar-refractivity contribution in [1.29, 1.82) is 0 Å². The number of nitrogens with one attached hydrogen (secondary N) is 2. The molecule has 0 radical (unpaired) electrons. The van der Waals surface area contributed by atoms with Crippen LogP contribution in [0.25, 0.3) is 0 Å². The van der Waals surface area contributed by atoms with Crippen LogP contribution in [0.1, 0.15) is 24.8 Å². The molecular formula is C16H24N2O2. The summed E-state index contributed by atoms with van der Waals surface area (Å²) < 4.78 is 5.51. The third-order valence-electron chi connectivity index (χ3n) is 3.50. The first kappa shape index (κ1) is 15.0. The normalized spacial score (nSPS) is 18.1. The number of hydrogen-bond acceptors (Lipinski definition) is 3.